The minimum absolute atomic E-state index is 0.00419. The van der Waals surface area contributed by atoms with Crippen LogP contribution < -0.4 is 10.6 Å². The van der Waals surface area contributed by atoms with Gasteiger partial charge in [-0.1, -0.05) is 49.7 Å². The highest BCUT2D eigenvalue weighted by atomic mass is 16.7. The standard InChI is InChI=1S/C36H52N4O5/c1-26-33(24-40-22-8-9-32(40)23-39-20-6-7-21-39)44-36(45-35(26)29-13-11-28(25-41)12-14-29)30-15-17-31(18-16-30)38-34(43)10-4-3-5-19-37-27(2)42/h11-18,26,32-33,35-36,41H,3-10,19-25H2,1-2H3,(H,37,42)(H,38,43)/t26-,32-,33+,35+,36+/m0/s1. The van der Waals surface area contributed by atoms with Gasteiger partial charge in [0.1, 0.15) is 0 Å². The third-order valence-corrected chi connectivity index (χ3v) is 9.63. The summed E-state index contributed by atoms with van der Waals surface area (Å²) < 4.78 is 13.4. The Kier molecular flexibility index (Phi) is 12.4. The lowest BCUT2D eigenvalue weighted by Gasteiger charge is -2.43. The van der Waals surface area contributed by atoms with Gasteiger partial charge in [-0.3, -0.25) is 14.5 Å². The van der Waals surface area contributed by atoms with E-state index in [9.17, 15) is 14.7 Å². The molecule has 2 amide bonds. The van der Waals surface area contributed by atoms with Gasteiger partial charge in [-0.05, 0) is 81.4 Å². The monoisotopic (exact) mass is 620 g/mol. The molecule has 0 radical (unpaired) electrons. The predicted molar refractivity (Wildman–Crippen MR) is 175 cm³/mol. The van der Waals surface area contributed by atoms with E-state index in [0.29, 0.717) is 19.0 Å². The molecule has 0 spiro atoms. The molecule has 3 fully saturated rings. The summed E-state index contributed by atoms with van der Waals surface area (Å²) >= 11 is 0. The zero-order valence-electron chi connectivity index (χ0n) is 27.1. The van der Waals surface area contributed by atoms with Crippen LogP contribution in [0.25, 0.3) is 0 Å². The van der Waals surface area contributed by atoms with E-state index in [-0.39, 0.29) is 36.5 Å². The van der Waals surface area contributed by atoms with E-state index in [4.69, 9.17) is 9.47 Å². The Labute approximate surface area is 268 Å². The molecular formula is C36H52N4O5. The zero-order valence-corrected chi connectivity index (χ0v) is 27.1. The summed E-state index contributed by atoms with van der Waals surface area (Å²) in [6.45, 7) is 9.99. The van der Waals surface area contributed by atoms with Gasteiger partial charge in [0.05, 0.1) is 18.8 Å². The van der Waals surface area contributed by atoms with Crippen LogP contribution in [0.3, 0.4) is 0 Å². The van der Waals surface area contributed by atoms with E-state index >= 15 is 0 Å². The summed E-state index contributed by atoms with van der Waals surface area (Å²) in [5.74, 6) is 0.110. The molecule has 0 aliphatic carbocycles. The number of carbonyl (C=O) groups excluding carboxylic acids is 2. The fourth-order valence-corrected chi connectivity index (χ4v) is 6.96. The summed E-state index contributed by atoms with van der Waals surface area (Å²) in [4.78, 5) is 28.8. The Balaban J connectivity index is 1.23. The van der Waals surface area contributed by atoms with Crippen LogP contribution in [0.5, 0.6) is 0 Å². The molecule has 246 valence electrons. The van der Waals surface area contributed by atoms with E-state index in [1.54, 1.807) is 0 Å². The maximum Gasteiger partial charge on any atom is 0.224 e. The number of unbranched alkanes of at least 4 members (excludes halogenated alkanes) is 2. The summed E-state index contributed by atoms with van der Waals surface area (Å²) in [6, 6.07) is 16.5. The number of amides is 2. The molecule has 3 N–H and O–H groups in total. The molecule has 3 aliphatic rings. The summed E-state index contributed by atoms with van der Waals surface area (Å²) in [5, 5.41) is 15.4. The van der Waals surface area contributed by atoms with Crippen molar-refractivity contribution in [2.75, 3.05) is 44.6 Å². The van der Waals surface area contributed by atoms with Crippen LogP contribution in [-0.4, -0.2) is 78.1 Å². The smallest absolute Gasteiger partial charge is 0.224 e. The van der Waals surface area contributed by atoms with E-state index < -0.39 is 6.29 Å². The number of carbonyl (C=O) groups is 2. The number of benzene rings is 2. The van der Waals surface area contributed by atoms with Crippen molar-refractivity contribution in [3.63, 3.8) is 0 Å². The van der Waals surface area contributed by atoms with Crippen molar-refractivity contribution in [3.8, 4) is 0 Å². The molecule has 45 heavy (non-hydrogen) atoms. The molecule has 5 atom stereocenters. The highest BCUT2D eigenvalue weighted by Crippen LogP contribution is 2.42. The van der Waals surface area contributed by atoms with Crippen molar-refractivity contribution in [3.05, 3.63) is 65.2 Å². The van der Waals surface area contributed by atoms with Crippen LogP contribution in [0, 0.1) is 5.92 Å². The predicted octanol–water partition coefficient (Wildman–Crippen LogP) is 5.17. The number of hydrogen-bond donors (Lipinski definition) is 3. The Bertz CT molecular complexity index is 1220. The third kappa shape index (κ3) is 9.59. The van der Waals surface area contributed by atoms with Gasteiger partial charge >= 0.3 is 0 Å². The lowest BCUT2D eigenvalue weighted by molar-refractivity contribution is -0.276. The number of rotatable bonds is 14. The summed E-state index contributed by atoms with van der Waals surface area (Å²) in [7, 11) is 0. The molecule has 0 saturated carbocycles. The van der Waals surface area contributed by atoms with Crippen LogP contribution in [0.1, 0.15) is 94.3 Å². The zero-order chi connectivity index (χ0) is 31.6. The topological polar surface area (TPSA) is 103 Å². The van der Waals surface area contributed by atoms with E-state index in [1.165, 1.54) is 45.7 Å². The van der Waals surface area contributed by atoms with E-state index in [0.717, 1.165) is 61.3 Å². The summed E-state index contributed by atoms with van der Waals surface area (Å²) in [6.07, 6.45) is 7.41. The number of likely N-dealkylation sites (tertiary alicyclic amines) is 2. The Hall–Kier alpha value is -2.82. The fourth-order valence-electron chi connectivity index (χ4n) is 6.96. The molecule has 9 nitrogen and oxygen atoms in total. The summed E-state index contributed by atoms with van der Waals surface area (Å²) in [5.41, 5.74) is 3.65. The lowest BCUT2D eigenvalue weighted by atomic mass is 9.90. The van der Waals surface area contributed by atoms with Crippen molar-refractivity contribution < 1.29 is 24.2 Å². The van der Waals surface area contributed by atoms with Crippen LogP contribution >= 0.6 is 0 Å². The van der Waals surface area contributed by atoms with Gasteiger partial charge in [0.2, 0.25) is 11.8 Å². The number of aliphatic hydroxyl groups excluding tert-OH is 1. The van der Waals surface area contributed by atoms with Gasteiger partial charge in [0, 0.05) is 56.2 Å². The van der Waals surface area contributed by atoms with Crippen LogP contribution in [-0.2, 0) is 25.7 Å². The third-order valence-electron chi connectivity index (χ3n) is 9.63. The molecule has 5 rings (SSSR count). The first-order valence-electron chi connectivity index (χ1n) is 17.0. The van der Waals surface area contributed by atoms with Crippen LogP contribution in [0.15, 0.2) is 48.5 Å². The molecule has 0 unspecified atom stereocenters. The quantitative estimate of drug-likeness (QED) is 0.251. The molecule has 3 heterocycles. The Morgan fingerprint density at radius 1 is 0.889 bits per heavy atom. The van der Waals surface area contributed by atoms with Crippen molar-refractivity contribution >= 4 is 17.5 Å². The Morgan fingerprint density at radius 2 is 1.62 bits per heavy atom. The number of anilines is 1. The van der Waals surface area contributed by atoms with Crippen LogP contribution in [0.4, 0.5) is 5.69 Å². The van der Waals surface area contributed by atoms with Gasteiger partial charge < -0.3 is 30.1 Å². The first-order valence-corrected chi connectivity index (χ1v) is 17.0. The SMILES string of the molecule is CC(=O)NCCCCCC(=O)Nc1ccc([C@@H]2O[C@H](CN3CCC[C@H]3CN3CCCC3)[C@H](C)[C@H](c3ccc(CO)cc3)O2)cc1. The first-order chi connectivity index (χ1) is 21.9. The highest BCUT2D eigenvalue weighted by Gasteiger charge is 2.40. The molecule has 0 aromatic heterocycles. The number of ether oxygens (including phenoxy) is 2. The second-order valence-electron chi connectivity index (χ2n) is 13.1. The molecule has 2 aromatic carbocycles. The molecule has 3 saturated heterocycles. The average molecular weight is 621 g/mol. The number of nitrogens with zero attached hydrogens (tertiary/aromatic N) is 2. The number of nitrogens with one attached hydrogen (secondary N) is 2. The van der Waals surface area contributed by atoms with Gasteiger partial charge in [-0.2, -0.15) is 0 Å². The molecular weight excluding hydrogens is 568 g/mol. The van der Waals surface area contributed by atoms with Gasteiger partial charge in [0.15, 0.2) is 6.29 Å². The number of hydrogen-bond acceptors (Lipinski definition) is 7. The maximum absolute atomic E-state index is 12.5. The van der Waals surface area contributed by atoms with Crippen molar-refractivity contribution in [1.82, 2.24) is 15.1 Å². The minimum Gasteiger partial charge on any atom is -0.392 e. The maximum atomic E-state index is 12.5. The van der Waals surface area contributed by atoms with Gasteiger partial charge in [0.25, 0.3) is 0 Å². The fraction of sp³-hybridized carbons (Fsp3) is 0.611. The van der Waals surface area contributed by atoms with Crippen molar-refractivity contribution in [1.29, 1.82) is 0 Å². The van der Waals surface area contributed by atoms with Crippen LogP contribution in [0.2, 0.25) is 0 Å². The number of aliphatic hydroxyl groups is 1. The molecule has 9 heteroatoms. The first kappa shape index (κ1) is 33.5. The highest BCUT2D eigenvalue weighted by molar-refractivity contribution is 5.90. The molecule has 0 bridgehead atoms. The second-order valence-corrected chi connectivity index (χ2v) is 13.1. The minimum atomic E-state index is -0.526. The normalized spacial score (nSPS) is 25.8. The average Bonchev–Trinajstić information content (AvgIpc) is 3.72. The van der Waals surface area contributed by atoms with Gasteiger partial charge in [-0.15, -0.1) is 0 Å². The second kappa shape index (κ2) is 16.7. The largest absolute Gasteiger partial charge is 0.392 e. The lowest BCUT2D eigenvalue weighted by Crippen LogP contribution is -2.48. The van der Waals surface area contributed by atoms with E-state index in [2.05, 4.69) is 39.5 Å². The molecule has 2 aromatic rings. The molecule has 3 aliphatic heterocycles. The van der Waals surface area contributed by atoms with E-state index in [1.807, 2.05) is 36.4 Å². The Morgan fingerprint density at radius 3 is 2.33 bits per heavy atom. The van der Waals surface area contributed by atoms with Crippen molar-refractivity contribution in [2.24, 2.45) is 5.92 Å². The van der Waals surface area contributed by atoms with Crippen molar-refractivity contribution in [2.45, 2.75) is 96.4 Å². The van der Waals surface area contributed by atoms with Gasteiger partial charge in [-0.25, -0.2) is 0 Å².